The van der Waals surface area contributed by atoms with E-state index in [1.54, 1.807) is 72.8 Å². The summed E-state index contributed by atoms with van der Waals surface area (Å²) in [6.07, 6.45) is 33.7. The van der Waals surface area contributed by atoms with Crippen molar-refractivity contribution < 1.29 is 57.2 Å². The van der Waals surface area contributed by atoms with E-state index >= 15 is 28.8 Å². The Labute approximate surface area is 649 Å². The van der Waals surface area contributed by atoms with Crippen LogP contribution in [0.25, 0.3) is 0 Å². The molecule has 1 fully saturated rings. The zero-order chi connectivity index (χ0) is 76.8. The first-order valence-corrected chi connectivity index (χ1v) is 42.7. The molecular formula is C96H132O12. The average Bonchev–Trinajstić information content (AvgIpc) is 0.749. The maximum atomic E-state index is 15.4. The molecule has 1 aliphatic carbocycles. The molecule has 6 aromatic carbocycles. The van der Waals surface area contributed by atoms with Crippen molar-refractivity contribution in [2.75, 3.05) is 0 Å². The summed E-state index contributed by atoms with van der Waals surface area (Å²) in [5.74, 6) is -5.42. The van der Waals surface area contributed by atoms with E-state index in [1.165, 1.54) is 77.0 Å². The lowest BCUT2D eigenvalue weighted by molar-refractivity contribution is -0.223. The smallest absolute Gasteiger partial charge is 0.338 e. The maximum Gasteiger partial charge on any atom is 0.338 e. The van der Waals surface area contributed by atoms with Crippen molar-refractivity contribution in [3.05, 3.63) is 212 Å². The summed E-state index contributed by atoms with van der Waals surface area (Å²) in [6, 6.07) is 42.6. The summed E-state index contributed by atoms with van der Waals surface area (Å²) < 4.78 is 40.5. The first-order valence-electron chi connectivity index (χ1n) is 42.7. The molecule has 0 unspecified atom stereocenters. The van der Waals surface area contributed by atoms with Gasteiger partial charge in [0, 0.05) is 0 Å². The maximum absolute atomic E-state index is 15.4. The Bertz CT molecular complexity index is 2870. The molecule has 1 saturated carbocycles. The molecule has 108 heavy (non-hydrogen) atoms. The Morgan fingerprint density at radius 3 is 0.407 bits per heavy atom. The van der Waals surface area contributed by atoms with E-state index in [4.69, 9.17) is 28.4 Å². The van der Waals surface area contributed by atoms with E-state index in [-0.39, 0.29) is 33.4 Å². The first kappa shape index (κ1) is 87.4. The van der Waals surface area contributed by atoms with Gasteiger partial charge in [-0.05, 0) is 183 Å². The number of benzene rings is 6. The van der Waals surface area contributed by atoms with Crippen LogP contribution in [0.4, 0.5) is 0 Å². The van der Waals surface area contributed by atoms with Crippen molar-refractivity contribution in [1.29, 1.82) is 0 Å². The lowest BCUT2D eigenvalue weighted by atomic mass is 9.83. The molecule has 0 atom stereocenters. The summed E-state index contributed by atoms with van der Waals surface area (Å²) in [7, 11) is 0. The highest BCUT2D eigenvalue weighted by atomic mass is 16.7. The lowest BCUT2D eigenvalue weighted by Gasteiger charge is -2.47. The minimum Gasteiger partial charge on any atom is -0.450 e. The molecule has 0 radical (unpaired) electrons. The summed E-state index contributed by atoms with van der Waals surface area (Å²) >= 11 is 0. The monoisotopic (exact) mass is 1480 g/mol. The third kappa shape index (κ3) is 31.3. The second kappa shape index (κ2) is 51.5. The molecule has 0 bridgehead atoms. The topological polar surface area (TPSA) is 158 Å². The van der Waals surface area contributed by atoms with Crippen LogP contribution in [-0.2, 0) is 66.9 Å². The van der Waals surface area contributed by atoms with Crippen LogP contribution < -0.4 is 0 Å². The van der Waals surface area contributed by atoms with Gasteiger partial charge in [-0.1, -0.05) is 307 Å². The minimum atomic E-state index is -1.92. The van der Waals surface area contributed by atoms with Crippen LogP contribution in [0.5, 0.6) is 0 Å². The first-order chi connectivity index (χ1) is 52.9. The average molecular weight is 1480 g/mol. The van der Waals surface area contributed by atoms with Gasteiger partial charge in [-0.2, -0.15) is 0 Å². The van der Waals surface area contributed by atoms with Gasteiger partial charge in [0.1, 0.15) is 0 Å². The van der Waals surface area contributed by atoms with Crippen LogP contribution in [0.3, 0.4) is 0 Å². The van der Waals surface area contributed by atoms with Gasteiger partial charge in [0.2, 0.25) is 0 Å². The number of rotatable bonds is 54. The van der Waals surface area contributed by atoms with Crippen molar-refractivity contribution in [3.63, 3.8) is 0 Å². The fourth-order valence-electron chi connectivity index (χ4n) is 14.6. The van der Waals surface area contributed by atoms with Gasteiger partial charge >= 0.3 is 35.8 Å². The summed E-state index contributed by atoms with van der Waals surface area (Å²) in [5.41, 5.74) is 6.88. The number of esters is 6. The zero-order valence-corrected chi connectivity index (χ0v) is 66.9. The molecule has 588 valence electrons. The highest BCUT2D eigenvalue weighted by Gasteiger charge is 2.62. The molecular weight excluding hydrogens is 1350 g/mol. The van der Waals surface area contributed by atoms with Gasteiger partial charge in [0.05, 0.1) is 33.4 Å². The Balaban J connectivity index is 1.38. The molecule has 12 nitrogen and oxygen atoms in total. The molecule has 7 rings (SSSR count). The Hall–Kier alpha value is -7.86. The third-order valence-electron chi connectivity index (χ3n) is 21.5. The summed E-state index contributed by atoms with van der Waals surface area (Å²) in [6.45, 7) is 13.2. The molecule has 0 saturated heterocycles. The number of carbonyl (C=O) groups is 6. The van der Waals surface area contributed by atoms with E-state index < -0.39 is 72.4 Å². The van der Waals surface area contributed by atoms with Crippen LogP contribution in [0.2, 0.25) is 0 Å². The van der Waals surface area contributed by atoms with Crippen LogP contribution in [0.1, 0.15) is 368 Å². The molecule has 0 N–H and O–H groups in total. The number of aryl methyl sites for hydroxylation is 6. The third-order valence-corrected chi connectivity index (χ3v) is 21.5. The molecule has 1 aliphatic rings. The molecule has 12 heteroatoms. The van der Waals surface area contributed by atoms with Gasteiger partial charge in [-0.25, -0.2) is 28.8 Å². The minimum absolute atomic E-state index is 0.122. The molecule has 0 spiro atoms. The van der Waals surface area contributed by atoms with Crippen molar-refractivity contribution in [2.24, 2.45) is 0 Å². The van der Waals surface area contributed by atoms with Crippen LogP contribution >= 0.6 is 0 Å². The number of ether oxygens (including phenoxy) is 6. The number of unbranched alkanes of at least 4 members (excludes halogenated alkanes) is 30. The number of carbonyl (C=O) groups excluding carboxylic acids is 6. The lowest BCUT2D eigenvalue weighted by Crippen LogP contribution is -2.69. The SMILES string of the molecule is CCCCCCCCc1ccc(C(=O)OC2C(OC(=O)c3ccc(CCCCCCCC)cc3)C(OC(=O)c3ccc(CCCCCCCC)cc3)C(OC(=O)c3ccc(CCCCCCCC)cc3)C(OC(=O)c3ccc(CCCCCCCC)cc3)C2OC(=O)c2ccc(CCCCCCCC)cc2)cc1. The van der Waals surface area contributed by atoms with Gasteiger partial charge in [-0.3, -0.25) is 0 Å². The van der Waals surface area contributed by atoms with Crippen LogP contribution in [-0.4, -0.2) is 72.4 Å². The molecule has 0 aliphatic heterocycles. The van der Waals surface area contributed by atoms with E-state index in [1.807, 2.05) is 72.8 Å². The van der Waals surface area contributed by atoms with Gasteiger partial charge in [-0.15, -0.1) is 0 Å². The molecule has 0 aromatic heterocycles. The predicted octanol–water partition coefficient (Wildman–Crippen LogP) is 24.8. The summed E-state index contributed by atoms with van der Waals surface area (Å²) in [4.78, 5) is 92.5. The Kier molecular flexibility index (Phi) is 41.7. The van der Waals surface area contributed by atoms with Crippen molar-refractivity contribution in [3.8, 4) is 0 Å². The number of hydrogen-bond acceptors (Lipinski definition) is 12. The highest BCUT2D eigenvalue weighted by molar-refractivity contribution is 5.94. The predicted molar refractivity (Wildman–Crippen MR) is 436 cm³/mol. The van der Waals surface area contributed by atoms with Crippen molar-refractivity contribution in [2.45, 2.75) is 348 Å². The second-order valence-electron chi connectivity index (χ2n) is 30.5. The van der Waals surface area contributed by atoms with E-state index in [2.05, 4.69) is 41.5 Å². The molecule has 6 aromatic rings. The quantitative estimate of drug-likeness (QED) is 0.0202. The Morgan fingerprint density at radius 1 is 0.176 bits per heavy atom. The van der Waals surface area contributed by atoms with Crippen LogP contribution in [0.15, 0.2) is 146 Å². The van der Waals surface area contributed by atoms with Gasteiger partial charge < -0.3 is 28.4 Å². The van der Waals surface area contributed by atoms with Gasteiger partial charge in [0.25, 0.3) is 0 Å². The highest BCUT2D eigenvalue weighted by Crippen LogP contribution is 2.38. The van der Waals surface area contributed by atoms with Crippen LogP contribution in [0, 0.1) is 0 Å². The standard InChI is InChI=1S/C96H132O12/c1-7-13-19-25-31-37-43-73-49-61-79(62-50-73)91(97)103-85-86(104-92(98)80-63-51-74(52-64-80)44-38-32-26-20-14-8-2)88(106-94(100)82-67-55-76(56-68-82)46-40-34-28-22-16-10-4)90(108-96(102)84-71-59-78(60-72-84)48-42-36-30-24-18-12-6)89(107-95(101)83-69-57-77(58-70-83)47-41-35-29-23-17-11-5)87(85)105-93(99)81-65-53-75(54-66-81)45-39-33-27-21-15-9-3/h49-72,85-90H,7-48H2,1-6H3. The second-order valence-corrected chi connectivity index (χ2v) is 30.5. The summed E-state index contributed by atoms with van der Waals surface area (Å²) in [5, 5.41) is 0. The van der Waals surface area contributed by atoms with E-state index in [9.17, 15) is 0 Å². The van der Waals surface area contributed by atoms with Gasteiger partial charge in [0.15, 0.2) is 36.6 Å². The van der Waals surface area contributed by atoms with Crippen molar-refractivity contribution in [1.82, 2.24) is 0 Å². The largest absolute Gasteiger partial charge is 0.450 e. The van der Waals surface area contributed by atoms with E-state index in [0.717, 1.165) is 226 Å². The number of hydrogen-bond donors (Lipinski definition) is 0. The zero-order valence-electron chi connectivity index (χ0n) is 66.9. The van der Waals surface area contributed by atoms with Crippen molar-refractivity contribution >= 4 is 35.8 Å². The molecule has 0 heterocycles. The Morgan fingerprint density at radius 2 is 0.287 bits per heavy atom. The fraction of sp³-hybridized carbons (Fsp3) is 0.562. The molecule has 0 amide bonds. The normalized spacial score (nSPS) is 16.2. The fourth-order valence-corrected chi connectivity index (χ4v) is 14.6. The van der Waals surface area contributed by atoms with E-state index in [0.29, 0.717) is 0 Å².